The number of aliphatic hydroxyl groups excluding tert-OH is 1. The molecule has 1 N–H and O–H groups in total. The maximum absolute atomic E-state index is 7.67. The van der Waals surface area contributed by atoms with Crippen molar-refractivity contribution in [2.75, 3.05) is 0 Å². The molecule has 0 heterocycles. The van der Waals surface area contributed by atoms with Gasteiger partial charge in [-0.2, -0.15) is 0 Å². The van der Waals surface area contributed by atoms with Crippen LogP contribution in [0.15, 0.2) is 4.88 Å². The molecule has 0 spiro atoms. The number of aliphatic hydroxyl groups is 1. The second-order valence-electron chi connectivity index (χ2n) is 0.379. The van der Waals surface area contributed by atoms with Crippen LogP contribution in [-0.4, -0.2) is 5.11 Å². The van der Waals surface area contributed by atoms with E-state index in [1.165, 1.54) is 0 Å². The normalized spacial score (nSPS) is 4.83. The van der Waals surface area contributed by atoms with E-state index >= 15 is 0 Å². The maximum atomic E-state index is 7.67. The summed E-state index contributed by atoms with van der Waals surface area (Å²) in [4.78, 5) is 5.20. The summed E-state index contributed by atoms with van der Waals surface area (Å²) in [6.07, 6.45) is 0. The van der Waals surface area contributed by atoms with E-state index in [0.29, 0.717) is 0 Å². The van der Waals surface area contributed by atoms with Crippen molar-refractivity contribution in [1.82, 2.24) is 0 Å². The Kier molecular flexibility index (Phi) is 4.09. The van der Waals surface area contributed by atoms with Crippen LogP contribution in [0, 0.1) is 5.81 Å². The van der Waals surface area contributed by atoms with Gasteiger partial charge < -0.3 is 0 Å². The molecule has 0 saturated heterocycles. The Balaban J connectivity index is 3.53. The van der Waals surface area contributed by atoms with Crippen molar-refractivity contribution in [1.29, 1.82) is 0 Å². The van der Waals surface area contributed by atoms with Gasteiger partial charge in [-0.1, -0.05) is 0 Å². The van der Waals surface area contributed by atoms with E-state index in [-0.39, 0.29) is 8.19 Å². The van der Waals surface area contributed by atoms with E-state index in [1.807, 2.05) is 0 Å². The van der Waals surface area contributed by atoms with Crippen molar-refractivity contribution >= 4 is 8.19 Å². The minimum atomic E-state index is 0.125. The molecule has 0 atom stereocenters. The summed E-state index contributed by atoms with van der Waals surface area (Å²) in [5.74, 6) is 1.62. The molecule has 0 saturated carbocycles. The van der Waals surface area contributed by atoms with Gasteiger partial charge in [-0.05, 0) is 0 Å². The van der Waals surface area contributed by atoms with Gasteiger partial charge in [0.1, 0.15) is 0 Å². The molecule has 0 aliphatic rings. The predicted molar refractivity (Wildman–Crippen MR) is 21.9 cm³/mol. The van der Waals surface area contributed by atoms with Gasteiger partial charge in [-0.3, -0.25) is 0 Å². The number of azide groups is 1. The van der Waals surface area contributed by atoms with Crippen LogP contribution in [-0.2, 0) is 0 Å². The van der Waals surface area contributed by atoms with Crippen LogP contribution in [0.25, 0.3) is 10.4 Å². The van der Waals surface area contributed by atoms with Gasteiger partial charge in [0.15, 0.2) is 0 Å². The summed E-state index contributed by atoms with van der Waals surface area (Å²) in [6, 6.07) is 0. The summed E-state index contributed by atoms with van der Waals surface area (Å²) in [5.41, 5.74) is 7.50. The minimum absolute atomic E-state index is 0.125. The summed E-state index contributed by atoms with van der Waals surface area (Å²) in [5, 5.41) is 7.67. The summed E-state index contributed by atoms with van der Waals surface area (Å²) in [6.45, 7) is 0. The fraction of sp³-hybridized carbons (Fsp3) is 0. The molecule has 0 radical (unpaired) electrons. The van der Waals surface area contributed by atoms with Crippen LogP contribution < -0.4 is 0 Å². The molecule has 0 aliphatic carbocycles. The number of nitrogens with zero attached hydrogens (tertiary/aromatic N) is 3. The molecule has 0 amide bonds. The van der Waals surface area contributed by atoms with Gasteiger partial charge in [0.05, 0.1) is 0 Å². The zero-order valence-electron chi connectivity index (χ0n) is 2.74. The molecular weight excluding hydrogens is 101 g/mol. The average molecular weight is 102 g/mol. The zero-order chi connectivity index (χ0) is 4.83. The standard InChI is InChI=1S/CN3OP/c2-3-4-6-1-5/p+1. The molecule has 0 fully saturated rings. The molecule has 0 bridgehead atoms. The monoisotopic (exact) mass is 102 g/mol. The van der Waals surface area contributed by atoms with Gasteiger partial charge >= 0.3 is 34.4 Å². The first-order valence-corrected chi connectivity index (χ1v) is 1.89. The SMILES string of the molecule is [N-]=[N+]=N[P+]#CO. The van der Waals surface area contributed by atoms with Gasteiger partial charge in [-0.25, -0.2) is 0 Å². The third-order valence-corrected chi connectivity index (χ3v) is 0.388. The molecule has 0 aromatic rings. The van der Waals surface area contributed by atoms with Crippen molar-refractivity contribution in [3.05, 3.63) is 10.4 Å². The first kappa shape index (κ1) is 5.48. The van der Waals surface area contributed by atoms with Crippen LogP contribution >= 0.6 is 8.19 Å². The molecule has 5 heteroatoms. The Labute approximate surface area is 35.6 Å². The molecule has 0 rings (SSSR count). The quantitative estimate of drug-likeness (QED) is 0.214. The molecule has 0 aromatic heterocycles. The van der Waals surface area contributed by atoms with Crippen molar-refractivity contribution in [3.63, 3.8) is 0 Å². The van der Waals surface area contributed by atoms with Crippen molar-refractivity contribution < 1.29 is 5.11 Å². The molecule has 6 heavy (non-hydrogen) atoms. The number of hydrogen-bond acceptors (Lipinski definition) is 2. The number of rotatable bonds is 0. The van der Waals surface area contributed by atoms with E-state index < -0.39 is 0 Å². The van der Waals surface area contributed by atoms with Gasteiger partial charge in [0.25, 0.3) is 0 Å². The summed E-state index contributed by atoms with van der Waals surface area (Å²) < 4.78 is 0. The van der Waals surface area contributed by atoms with E-state index in [2.05, 4.69) is 9.80 Å². The van der Waals surface area contributed by atoms with Crippen LogP contribution in [0.2, 0.25) is 0 Å². The van der Waals surface area contributed by atoms with E-state index in [0.717, 1.165) is 0 Å². The Bertz CT molecular complexity index is 125. The molecule has 0 aliphatic heterocycles. The van der Waals surface area contributed by atoms with Crippen molar-refractivity contribution in [3.8, 4) is 5.81 Å². The number of hydrogen-bond donors (Lipinski definition) is 1. The Morgan fingerprint density at radius 3 is 2.83 bits per heavy atom. The molecule has 0 aromatic carbocycles. The topological polar surface area (TPSA) is 69.0 Å². The third kappa shape index (κ3) is 3.48. The summed E-state index contributed by atoms with van der Waals surface area (Å²) in [7, 11) is 0.125. The summed E-state index contributed by atoms with van der Waals surface area (Å²) >= 11 is 0. The molecule has 0 unspecified atom stereocenters. The fourth-order valence-electron chi connectivity index (χ4n) is 0.0400. The molecular formula is CHN3OP+. The van der Waals surface area contributed by atoms with E-state index in [9.17, 15) is 0 Å². The molecule has 4 nitrogen and oxygen atoms in total. The van der Waals surface area contributed by atoms with Gasteiger partial charge in [0, 0.05) is 0 Å². The van der Waals surface area contributed by atoms with Crippen molar-refractivity contribution in [2.24, 2.45) is 4.88 Å². The van der Waals surface area contributed by atoms with Crippen LogP contribution in [0.1, 0.15) is 0 Å². The van der Waals surface area contributed by atoms with Gasteiger partial charge in [-0.15, -0.1) is 0 Å². The third-order valence-electron chi connectivity index (χ3n) is 0.129. The first-order valence-electron chi connectivity index (χ1n) is 1.05. The predicted octanol–water partition coefficient (Wildman–Crippen LogP) is 1.45. The van der Waals surface area contributed by atoms with E-state index in [1.54, 1.807) is 5.81 Å². The van der Waals surface area contributed by atoms with E-state index in [4.69, 9.17) is 10.6 Å². The first-order chi connectivity index (χ1) is 2.91. The fourth-order valence-corrected chi connectivity index (χ4v) is 0.120. The van der Waals surface area contributed by atoms with Gasteiger partial charge in [0.2, 0.25) is 0 Å². The van der Waals surface area contributed by atoms with Crippen LogP contribution in [0.5, 0.6) is 0 Å². The Hall–Kier alpha value is -0.520. The second-order valence-corrected chi connectivity index (χ2v) is 0.958. The molecule has 30 valence electrons. The van der Waals surface area contributed by atoms with Crippen LogP contribution in [0.3, 0.4) is 0 Å². The second kappa shape index (κ2) is 4.48. The van der Waals surface area contributed by atoms with Crippen LogP contribution in [0.4, 0.5) is 0 Å². The van der Waals surface area contributed by atoms with Crippen molar-refractivity contribution in [2.45, 2.75) is 0 Å². The Morgan fingerprint density at radius 2 is 2.67 bits per heavy atom. The Morgan fingerprint density at radius 1 is 2.00 bits per heavy atom. The average Bonchev–Trinajstić information content (AvgIpc) is 1.61. The zero-order valence-corrected chi connectivity index (χ0v) is 3.63.